The Kier molecular flexibility index (Phi) is 5.59. The smallest absolute Gasteiger partial charge is 0.251 e. The highest BCUT2D eigenvalue weighted by atomic mass is 79.9. The highest BCUT2D eigenvalue weighted by molar-refractivity contribution is 9.10. The first kappa shape index (κ1) is 15.8. The van der Waals surface area contributed by atoms with Gasteiger partial charge in [-0.05, 0) is 36.4 Å². The molecule has 1 N–H and O–H groups in total. The van der Waals surface area contributed by atoms with Gasteiger partial charge in [-0.15, -0.1) is 0 Å². The van der Waals surface area contributed by atoms with Crippen LogP contribution in [0.3, 0.4) is 0 Å². The Bertz CT molecular complexity index is 631. The van der Waals surface area contributed by atoms with E-state index in [1.54, 1.807) is 30.3 Å². The van der Waals surface area contributed by atoms with Crippen LogP contribution >= 0.6 is 27.5 Å². The third-order valence-electron chi connectivity index (χ3n) is 2.58. The second-order valence-corrected chi connectivity index (χ2v) is 5.57. The molecular weight excluding hydrogens is 361 g/mol. The number of hydrogen-bond donors (Lipinski definition) is 1. The molecule has 2 aromatic carbocycles. The van der Waals surface area contributed by atoms with Crippen molar-refractivity contribution in [1.82, 2.24) is 5.32 Å². The van der Waals surface area contributed by atoms with E-state index in [-0.39, 0.29) is 11.5 Å². The van der Waals surface area contributed by atoms with Crippen LogP contribution in [0.2, 0.25) is 5.02 Å². The predicted octanol–water partition coefficient (Wildman–Crippen LogP) is 4.05. The van der Waals surface area contributed by atoms with Gasteiger partial charge in [-0.25, -0.2) is 4.39 Å². The van der Waals surface area contributed by atoms with Crippen LogP contribution in [-0.2, 0) is 0 Å². The van der Waals surface area contributed by atoms with E-state index in [9.17, 15) is 9.18 Å². The number of nitrogens with one attached hydrogen (secondary N) is 1. The van der Waals surface area contributed by atoms with E-state index in [4.69, 9.17) is 16.3 Å². The van der Waals surface area contributed by atoms with Crippen LogP contribution in [0, 0.1) is 5.82 Å². The predicted molar refractivity (Wildman–Crippen MR) is 83.4 cm³/mol. The summed E-state index contributed by atoms with van der Waals surface area (Å²) in [5.41, 5.74) is 0.254. The first-order chi connectivity index (χ1) is 10.0. The number of rotatable bonds is 5. The highest BCUT2D eigenvalue weighted by Gasteiger charge is 2.07. The number of carbonyl (C=O) groups is 1. The molecule has 0 aromatic heterocycles. The molecule has 0 saturated heterocycles. The lowest BCUT2D eigenvalue weighted by atomic mass is 10.2. The fraction of sp³-hybridized carbons (Fsp3) is 0.133. The van der Waals surface area contributed by atoms with Crippen molar-refractivity contribution in [2.75, 3.05) is 13.2 Å². The van der Waals surface area contributed by atoms with Gasteiger partial charge in [-0.2, -0.15) is 0 Å². The van der Waals surface area contributed by atoms with Crippen molar-refractivity contribution in [2.45, 2.75) is 0 Å². The zero-order chi connectivity index (χ0) is 15.2. The maximum atomic E-state index is 13.2. The third kappa shape index (κ3) is 5.02. The van der Waals surface area contributed by atoms with E-state index >= 15 is 0 Å². The normalized spacial score (nSPS) is 10.2. The van der Waals surface area contributed by atoms with Gasteiger partial charge in [-0.3, -0.25) is 4.79 Å². The molecule has 3 nitrogen and oxygen atoms in total. The molecule has 21 heavy (non-hydrogen) atoms. The van der Waals surface area contributed by atoms with Gasteiger partial charge in [0.2, 0.25) is 0 Å². The average Bonchev–Trinajstić information content (AvgIpc) is 2.42. The number of carbonyl (C=O) groups excluding carboxylic acids is 1. The highest BCUT2D eigenvalue weighted by Crippen LogP contribution is 2.17. The summed E-state index contributed by atoms with van der Waals surface area (Å²) in [6, 6.07) is 11.0. The lowest BCUT2D eigenvalue weighted by Gasteiger charge is -2.08. The van der Waals surface area contributed by atoms with Crippen LogP contribution in [0.15, 0.2) is 46.9 Å². The van der Waals surface area contributed by atoms with Crippen LogP contribution < -0.4 is 10.1 Å². The molecule has 0 fully saturated rings. The second kappa shape index (κ2) is 7.43. The quantitative estimate of drug-likeness (QED) is 0.804. The molecule has 0 unspecified atom stereocenters. The summed E-state index contributed by atoms with van der Waals surface area (Å²) in [7, 11) is 0. The minimum absolute atomic E-state index is 0.254. The summed E-state index contributed by atoms with van der Waals surface area (Å²) in [5, 5.41) is 3.24. The minimum atomic E-state index is -0.468. The molecule has 0 saturated carbocycles. The van der Waals surface area contributed by atoms with Crippen molar-refractivity contribution in [3.8, 4) is 5.75 Å². The molecule has 0 heterocycles. The zero-order valence-corrected chi connectivity index (χ0v) is 13.2. The van der Waals surface area contributed by atoms with Crippen LogP contribution in [0.4, 0.5) is 4.39 Å². The number of amides is 1. The topological polar surface area (TPSA) is 38.3 Å². The van der Waals surface area contributed by atoms with E-state index in [0.29, 0.717) is 28.4 Å². The van der Waals surface area contributed by atoms with Crippen LogP contribution in [-0.4, -0.2) is 19.1 Å². The minimum Gasteiger partial charge on any atom is -0.492 e. The van der Waals surface area contributed by atoms with Gasteiger partial charge in [0, 0.05) is 15.1 Å². The fourth-order valence-corrected chi connectivity index (χ4v) is 2.32. The Morgan fingerprint density at radius 1 is 1.29 bits per heavy atom. The Morgan fingerprint density at radius 2 is 2.10 bits per heavy atom. The Morgan fingerprint density at radius 3 is 2.81 bits per heavy atom. The van der Waals surface area contributed by atoms with Crippen molar-refractivity contribution in [1.29, 1.82) is 0 Å². The Labute approximate surface area is 135 Å². The molecule has 110 valence electrons. The van der Waals surface area contributed by atoms with E-state index in [1.807, 2.05) is 0 Å². The Balaban J connectivity index is 1.82. The molecule has 0 atom stereocenters. The van der Waals surface area contributed by atoms with Gasteiger partial charge < -0.3 is 10.1 Å². The molecule has 0 aliphatic carbocycles. The lowest BCUT2D eigenvalue weighted by molar-refractivity contribution is 0.0946. The maximum Gasteiger partial charge on any atom is 0.251 e. The summed E-state index contributed by atoms with van der Waals surface area (Å²) >= 11 is 8.97. The summed E-state index contributed by atoms with van der Waals surface area (Å²) in [4.78, 5) is 11.8. The van der Waals surface area contributed by atoms with Gasteiger partial charge in [0.1, 0.15) is 18.2 Å². The maximum absolute atomic E-state index is 13.2. The van der Waals surface area contributed by atoms with Gasteiger partial charge in [0.15, 0.2) is 0 Å². The monoisotopic (exact) mass is 371 g/mol. The zero-order valence-electron chi connectivity index (χ0n) is 10.9. The summed E-state index contributed by atoms with van der Waals surface area (Å²) < 4.78 is 19.1. The summed E-state index contributed by atoms with van der Waals surface area (Å²) in [6.45, 7) is 0.599. The van der Waals surface area contributed by atoms with Crippen LogP contribution in [0.1, 0.15) is 10.4 Å². The number of halogens is 3. The summed E-state index contributed by atoms with van der Waals surface area (Å²) in [6.07, 6.45) is 0. The standard InChI is InChI=1S/C15H12BrClFNO2/c16-11-6-10(7-13(18)8-11)15(20)19-4-5-21-14-3-1-2-12(17)9-14/h1-3,6-9H,4-5H2,(H,19,20). The molecule has 0 aliphatic rings. The molecule has 1 amide bonds. The van der Waals surface area contributed by atoms with Crippen molar-refractivity contribution >= 4 is 33.4 Å². The second-order valence-electron chi connectivity index (χ2n) is 4.22. The van der Waals surface area contributed by atoms with Crippen molar-refractivity contribution in [2.24, 2.45) is 0 Å². The third-order valence-corrected chi connectivity index (χ3v) is 3.27. The average molecular weight is 373 g/mol. The van der Waals surface area contributed by atoms with Crippen molar-refractivity contribution < 1.29 is 13.9 Å². The van der Waals surface area contributed by atoms with Crippen LogP contribution in [0.25, 0.3) is 0 Å². The lowest BCUT2D eigenvalue weighted by Crippen LogP contribution is -2.28. The molecule has 6 heteroatoms. The molecule has 0 spiro atoms. The van der Waals surface area contributed by atoms with Crippen LogP contribution in [0.5, 0.6) is 5.75 Å². The largest absolute Gasteiger partial charge is 0.492 e. The SMILES string of the molecule is O=C(NCCOc1cccc(Cl)c1)c1cc(F)cc(Br)c1. The van der Waals surface area contributed by atoms with Crippen molar-refractivity contribution in [3.05, 3.63) is 63.3 Å². The van der Waals surface area contributed by atoms with Gasteiger partial charge in [0.05, 0.1) is 6.54 Å². The molecule has 0 radical (unpaired) electrons. The van der Waals surface area contributed by atoms with Crippen molar-refractivity contribution in [3.63, 3.8) is 0 Å². The van der Waals surface area contributed by atoms with Gasteiger partial charge in [0.25, 0.3) is 5.91 Å². The molecule has 0 aliphatic heterocycles. The first-order valence-electron chi connectivity index (χ1n) is 6.17. The molecular formula is C15H12BrClFNO2. The van der Waals surface area contributed by atoms with Gasteiger partial charge in [-0.1, -0.05) is 33.6 Å². The Hall–Kier alpha value is -1.59. The molecule has 2 aromatic rings. The number of benzene rings is 2. The molecule has 0 bridgehead atoms. The molecule has 2 rings (SSSR count). The van der Waals surface area contributed by atoms with E-state index in [0.717, 1.165) is 0 Å². The summed E-state index contributed by atoms with van der Waals surface area (Å²) in [5.74, 6) is -0.195. The van der Waals surface area contributed by atoms with E-state index in [2.05, 4.69) is 21.2 Å². The van der Waals surface area contributed by atoms with E-state index in [1.165, 1.54) is 12.1 Å². The first-order valence-corrected chi connectivity index (χ1v) is 7.34. The fourth-order valence-electron chi connectivity index (χ4n) is 1.68. The number of hydrogen-bond acceptors (Lipinski definition) is 2. The number of ether oxygens (including phenoxy) is 1. The van der Waals surface area contributed by atoms with E-state index < -0.39 is 5.82 Å². The van der Waals surface area contributed by atoms with Gasteiger partial charge >= 0.3 is 0 Å².